The summed E-state index contributed by atoms with van der Waals surface area (Å²) < 4.78 is 1.35. The Bertz CT molecular complexity index is 692. The number of rotatable bonds is 2. The quantitative estimate of drug-likeness (QED) is 0.683. The molecule has 18 heavy (non-hydrogen) atoms. The summed E-state index contributed by atoms with van der Waals surface area (Å²) in [5.41, 5.74) is 1.92. The van der Waals surface area contributed by atoms with Crippen LogP contribution in [0.5, 0.6) is 0 Å². The zero-order valence-electron chi connectivity index (χ0n) is 9.35. The lowest BCUT2D eigenvalue weighted by atomic mass is 10.3. The number of pyridine rings is 1. The highest BCUT2D eigenvalue weighted by Crippen LogP contribution is 2.10. The number of benzene rings is 1. The van der Waals surface area contributed by atoms with Crippen LogP contribution in [0.2, 0.25) is 0 Å². The van der Waals surface area contributed by atoms with Crippen LogP contribution in [-0.4, -0.2) is 20.7 Å². The Kier molecular flexibility index (Phi) is 2.49. The van der Waals surface area contributed by atoms with Gasteiger partial charge in [0.25, 0.3) is 0 Å². The summed E-state index contributed by atoms with van der Waals surface area (Å²) in [6, 6.07) is 10.8. The van der Waals surface area contributed by atoms with Crippen molar-refractivity contribution in [2.45, 2.75) is 0 Å². The van der Waals surface area contributed by atoms with E-state index in [1.807, 2.05) is 24.3 Å². The van der Waals surface area contributed by atoms with E-state index in [4.69, 9.17) is 4.84 Å². The predicted octanol–water partition coefficient (Wildman–Crippen LogP) is 1.70. The standard InChI is InChI=1S/C13H9N3O2/c17-13(10-4-3-7-14-8-10)18-16-9-15-11-5-1-2-6-12(11)16/h1-9H. The van der Waals surface area contributed by atoms with Crippen molar-refractivity contribution in [1.29, 1.82) is 0 Å². The Morgan fingerprint density at radius 2 is 2.06 bits per heavy atom. The van der Waals surface area contributed by atoms with Gasteiger partial charge in [-0.1, -0.05) is 12.1 Å². The molecule has 1 aromatic carbocycles. The summed E-state index contributed by atoms with van der Waals surface area (Å²) in [4.78, 5) is 25.1. The third-order valence-corrected chi connectivity index (χ3v) is 2.50. The van der Waals surface area contributed by atoms with Crippen molar-refractivity contribution in [3.05, 3.63) is 60.7 Å². The number of hydrogen-bond acceptors (Lipinski definition) is 4. The van der Waals surface area contributed by atoms with E-state index < -0.39 is 5.97 Å². The van der Waals surface area contributed by atoms with Crippen LogP contribution in [0.25, 0.3) is 11.0 Å². The van der Waals surface area contributed by atoms with Gasteiger partial charge in [-0.2, -0.15) is 4.73 Å². The predicted molar refractivity (Wildman–Crippen MR) is 64.9 cm³/mol. The largest absolute Gasteiger partial charge is 0.365 e. The van der Waals surface area contributed by atoms with Crippen molar-refractivity contribution in [2.75, 3.05) is 0 Å². The van der Waals surface area contributed by atoms with Gasteiger partial charge in [-0.3, -0.25) is 4.98 Å². The first-order valence-electron chi connectivity index (χ1n) is 5.39. The van der Waals surface area contributed by atoms with Crippen molar-refractivity contribution >= 4 is 17.0 Å². The number of nitrogens with zero attached hydrogens (tertiary/aromatic N) is 3. The number of para-hydroxylation sites is 2. The highest BCUT2D eigenvalue weighted by molar-refractivity contribution is 5.89. The number of carbonyl (C=O) groups excluding carboxylic acids is 1. The fourth-order valence-electron chi connectivity index (χ4n) is 1.63. The van der Waals surface area contributed by atoms with Gasteiger partial charge in [-0.05, 0) is 24.3 Å². The number of hydrogen-bond donors (Lipinski definition) is 0. The number of imidazole rings is 1. The summed E-state index contributed by atoms with van der Waals surface area (Å²) in [5, 5.41) is 0. The third kappa shape index (κ3) is 1.82. The van der Waals surface area contributed by atoms with Gasteiger partial charge >= 0.3 is 5.97 Å². The molecule has 3 aromatic rings. The smallest absolute Gasteiger partial charge is 0.329 e. The second-order valence-corrected chi connectivity index (χ2v) is 3.68. The molecule has 0 aliphatic heterocycles. The maximum absolute atomic E-state index is 11.8. The Morgan fingerprint density at radius 1 is 1.17 bits per heavy atom. The molecule has 0 atom stereocenters. The molecule has 0 saturated heterocycles. The molecule has 0 aliphatic rings. The maximum Gasteiger partial charge on any atom is 0.365 e. The monoisotopic (exact) mass is 239 g/mol. The van der Waals surface area contributed by atoms with E-state index in [0.717, 1.165) is 11.0 Å². The molecule has 0 saturated carbocycles. The Morgan fingerprint density at radius 3 is 2.89 bits per heavy atom. The van der Waals surface area contributed by atoms with Gasteiger partial charge in [-0.25, -0.2) is 9.78 Å². The van der Waals surface area contributed by atoms with Gasteiger partial charge in [-0.15, -0.1) is 0 Å². The summed E-state index contributed by atoms with van der Waals surface area (Å²) in [5.74, 6) is -0.466. The van der Waals surface area contributed by atoms with Crippen molar-refractivity contribution in [3.63, 3.8) is 0 Å². The molecule has 0 bridgehead atoms. The fraction of sp³-hybridized carbons (Fsp3) is 0. The molecule has 2 heterocycles. The molecular weight excluding hydrogens is 230 g/mol. The van der Waals surface area contributed by atoms with Gasteiger partial charge in [0, 0.05) is 12.4 Å². The van der Waals surface area contributed by atoms with E-state index in [0.29, 0.717) is 5.56 Å². The first kappa shape index (κ1) is 10.5. The van der Waals surface area contributed by atoms with Crippen LogP contribution in [-0.2, 0) is 0 Å². The molecule has 0 aliphatic carbocycles. The molecule has 0 N–H and O–H groups in total. The average Bonchev–Trinajstić information content (AvgIpc) is 2.83. The lowest BCUT2D eigenvalue weighted by Gasteiger charge is -2.04. The van der Waals surface area contributed by atoms with Crippen LogP contribution in [0.15, 0.2) is 55.1 Å². The topological polar surface area (TPSA) is 57.0 Å². The molecule has 0 unspecified atom stereocenters. The molecule has 5 nitrogen and oxygen atoms in total. The summed E-state index contributed by atoms with van der Waals surface area (Å²) in [6.07, 6.45) is 4.53. The number of aromatic nitrogens is 3. The zero-order chi connectivity index (χ0) is 12.4. The molecule has 88 valence electrons. The molecular formula is C13H9N3O2. The fourth-order valence-corrected chi connectivity index (χ4v) is 1.63. The summed E-state index contributed by atoms with van der Waals surface area (Å²) in [6.45, 7) is 0. The molecule has 0 amide bonds. The van der Waals surface area contributed by atoms with Crippen LogP contribution >= 0.6 is 0 Å². The lowest BCUT2D eigenvalue weighted by Crippen LogP contribution is -2.19. The van der Waals surface area contributed by atoms with Gasteiger partial charge in [0.2, 0.25) is 0 Å². The highest BCUT2D eigenvalue weighted by atomic mass is 16.7. The first-order valence-corrected chi connectivity index (χ1v) is 5.39. The van der Waals surface area contributed by atoms with Crippen LogP contribution < -0.4 is 4.84 Å². The van der Waals surface area contributed by atoms with Crippen LogP contribution in [0.3, 0.4) is 0 Å². The summed E-state index contributed by atoms with van der Waals surface area (Å²) >= 11 is 0. The van der Waals surface area contributed by atoms with E-state index in [2.05, 4.69) is 9.97 Å². The molecule has 5 heteroatoms. The second-order valence-electron chi connectivity index (χ2n) is 3.68. The van der Waals surface area contributed by atoms with Crippen LogP contribution in [0.4, 0.5) is 0 Å². The zero-order valence-corrected chi connectivity index (χ0v) is 9.35. The van der Waals surface area contributed by atoms with E-state index in [1.165, 1.54) is 17.3 Å². The van der Waals surface area contributed by atoms with Crippen LogP contribution in [0, 0.1) is 0 Å². The molecule has 3 rings (SSSR count). The lowest BCUT2D eigenvalue weighted by molar-refractivity contribution is 0.0479. The average molecular weight is 239 g/mol. The minimum atomic E-state index is -0.466. The number of fused-ring (bicyclic) bond motifs is 1. The Balaban J connectivity index is 1.91. The van der Waals surface area contributed by atoms with E-state index >= 15 is 0 Å². The molecule has 2 aromatic heterocycles. The number of carbonyl (C=O) groups is 1. The Hall–Kier alpha value is -2.69. The minimum absolute atomic E-state index is 0.398. The highest BCUT2D eigenvalue weighted by Gasteiger charge is 2.10. The van der Waals surface area contributed by atoms with E-state index in [9.17, 15) is 4.79 Å². The van der Waals surface area contributed by atoms with Crippen LogP contribution in [0.1, 0.15) is 10.4 Å². The van der Waals surface area contributed by atoms with Crippen molar-refractivity contribution < 1.29 is 9.63 Å². The van der Waals surface area contributed by atoms with Crippen molar-refractivity contribution in [3.8, 4) is 0 Å². The maximum atomic E-state index is 11.8. The molecule has 0 spiro atoms. The van der Waals surface area contributed by atoms with Gasteiger partial charge in [0.15, 0.2) is 0 Å². The third-order valence-electron chi connectivity index (χ3n) is 2.50. The summed E-state index contributed by atoms with van der Waals surface area (Å²) in [7, 11) is 0. The molecule has 0 radical (unpaired) electrons. The van der Waals surface area contributed by atoms with Crippen molar-refractivity contribution in [2.24, 2.45) is 0 Å². The molecule has 0 fully saturated rings. The normalized spacial score (nSPS) is 10.4. The Labute approximate surface area is 103 Å². The minimum Gasteiger partial charge on any atom is -0.329 e. The van der Waals surface area contributed by atoms with Gasteiger partial charge in [0.05, 0.1) is 11.1 Å². The first-order chi connectivity index (χ1) is 8.84. The van der Waals surface area contributed by atoms with Crippen molar-refractivity contribution in [1.82, 2.24) is 14.7 Å². The van der Waals surface area contributed by atoms with E-state index in [1.54, 1.807) is 18.3 Å². The second kappa shape index (κ2) is 4.29. The van der Waals surface area contributed by atoms with Gasteiger partial charge < -0.3 is 4.84 Å². The van der Waals surface area contributed by atoms with Gasteiger partial charge in [0.1, 0.15) is 11.8 Å². The SMILES string of the molecule is O=C(On1cnc2ccccc21)c1cccnc1. The van der Waals surface area contributed by atoms with E-state index in [-0.39, 0.29) is 0 Å².